The Morgan fingerprint density at radius 2 is 2.05 bits per heavy atom. The zero-order valence-electron chi connectivity index (χ0n) is 11.5. The van der Waals surface area contributed by atoms with E-state index in [4.69, 9.17) is 5.73 Å². The second kappa shape index (κ2) is 10.4. The average molecular weight is 328 g/mol. The van der Waals surface area contributed by atoms with Gasteiger partial charge in [-0.05, 0) is 6.92 Å². The van der Waals surface area contributed by atoms with Crippen LogP contribution < -0.4 is 11.1 Å². The SMILES string of the molecule is CC(N)CC(=O)NCCc1csc(C(C)C)n1.Cl.Cl. The summed E-state index contributed by atoms with van der Waals surface area (Å²) >= 11 is 1.68. The quantitative estimate of drug-likeness (QED) is 0.843. The highest BCUT2D eigenvalue weighted by Gasteiger charge is 2.07. The van der Waals surface area contributed by atoms with Gasteiger partial charge in [0.05, 0.1) is 10.7 Å². The molecule has 1 amide bonds. The van der Waals surface area contributed by atoms with Gasteiger partial charge < -0.3 is 11.1 Å². The van der Waals surface area contributed by atoms with Crippen molar-refractivity contribution < 1.29 is 4.79 Å². The van der Waals surface area contributed by atoms with Crippen LogP contribution in [-0.4, -0.2) is 23.5 Å². The molecule has 1 heterocycles. The average Bonchev–Trinajstić information content (AvgIpc) is 2.65. The molecule has 19 heavy (non-hydrogen) atoms. The number of amides is 1. The third kappa shape index (κ3) is 8.42. The van der Waals surface area contributed by atoms with Crippen LogP contribution in [0.5, 0.6) is 0 Å². The molecule has 0 aromatic carbocycles. The smallest absolute Gasteiger partial charge is 0.221 e. The zero-order valence-corrected chi connectivity index (χ0v) is 14.0. The molecular weight excluding hydrogens is 305 g/mol. The van der Waals surface area contributed by atoms with Crippen LogP contribution >= 0.6 is 36.2 Å². The van der Waals surface area contributed by atoms with E-state index in [9.17, 15) is 4.79 Å². The molecule has 112 valence electrons. The predicted molar refractivity (Wildman–Crippen MR) is 85.7 cm³/mol. The number of carbonyl (C=O) groups is 1. The Labute approximate surface area is 131 Å². The molecule has 0 bridgehead atoms. The van der Waals surface area contributed by atoms with E-state index < -0.39 is 0 Å². The minimum Gasteiger partial charge on any atom is -0.356 e. The molecule has 0 aliphatic rings. The fraction of sp³-hybridized carbons (Fsp3) is 0.667. The summed E-state index contributed by atoms with van der Waals surface area (Å²) in [5.74, 6) is 0.487. The van der Waals surface area contributed by atoms with Gasteiger partial charge in [0.2, 0.25) is 5.91 Å². The van der Waals surface area contributed by atoms with Crippen molar-refractivity contribution in [2.24, 2.45) is 5.73 Å². The van der Waals surface area contributed by atoms with Crippen molar-refractivity contribution in [2.45, 2.75) is 45.6 Å². The standard InChI is InChI=1S/C12H21N3OS.2ClH/c1-8(2)12-15-10(7-17-12)4-5-14-11(16)6-9(3)13;;/h7-9H,4-6,13H2,1-3H3,(H,14,16);2*1H. The molecule has 1 rings (SSSR count). The molecule has 1 atom stereocenters. The summed E-state index contributed by atoms with van der Waals surface area (Å²) < 4.78 is 0. The maximum absolute atomic E-state index is 11.3. The van der Waals surface area contributed by atoms with E-state index in [1.165, 1.54) is 0 Å². The highest BCUT2D eigenvalue weighted by Crippen LogP contribution is 2.19. The minimum absolute atomic E-state index is 0. The van der Waals surface area contributed by atoms with Crippen LogP contribution in [-0.2, 0) is 11.2 Å². The lowest BCUT2D eigenvalue weighted by atomic mass is 10.2. The van der Waals surface area contributed by atoms with E-state index in [0.717, 1.165) is 17.1 Å². The van der Waals surface area contributed by atoms with Crippen molar-refractivity contribution in [3.63, 3.8) is 0 Å². The van der Waals surface area contributed by atoms with E-state index in [0.29, 0.717) is 18.9 Å². The maximum atomic E-state index is 11.3. The summed E-state index contributed by atoms with van der Waals surface area (Å²) in [6, 6.07) is -0.0817. The van der Waals surface area contributed by atoms with Gasteiger partial charge in [-0.15, -0.1) is 36.2 Å². The van der Waals surface area contributed by atoms with Crippen molar-refractivity contribution >= 4 is 42.1 Å². The van der Waals surface area contributed by atoms with Crippen LogP contribution in [0, 0.1) is 0 Å². The van der Waals surface area contributed by atoms with E-state index >= 15 is 0 Å². The number of halogens is 2. The van der Waals surface area contributed by atoms with Crippen LogP contribution in [0.3, 0.4) is 0 Å². The van der Waals surface area contributed by atoms with Gasteiger partial charge in [0, 0.05) is 36.7 Å². The number of rotatable bonds is 6. The summed E-state index contributed by atoms with van der Waals surface area (Å²) in [4.78, 5) is 15.9. The number of thiazole rings is 1. The topological polar surface area (TPSA) is 68.0 Å². The molecular formula is C12H23Cl2N3OS. The van der Waals surface area contributed by atoms with Crippen molar-refractivity contribution in [1.29, 1.82) is 0 Å². The minimum atomic E-state index is -0.0817. The maximum Gasteiger partial charge on any atom is 0.221 e. The number of nitrogens with zero attached hydrogens (tertiary/aromatic N) is 1. The Balaban J connectivity index is 0. The number of aromatic nitrogens is 1. The van der Waals surface area contributed by atoms with Crippen LogP contribution in [0.2, 0.25) is 0 Å². The third-order valence-electron chi connectivity index (χ3n) is 2.27. The highest BCUT2D eigenvalue weighted by atomic mass is 35.5. The molecule has 3 N–H and O–H groups in total. The molecule has 1 unspecified atom stereocenters. The lowest BCUT2D eigenvalue weighted by Gasteiger charge is -2.06. The first-order chi connectivity index (χ1) is 7.99. The molecule has 0 fully saturated rings. The lowest BCUT2D eigenvalue weighted by Crippen LogP contribution is -2.31. The van der Waals surface area contributed by atoms with E-state index in [1.54, 1.807) is 11.3 Å². The summed E-state index contributed by atoms with van der Waals surface area (Å²) in [7, 11) is 0. The summed E-state index contributed by atoms with van der Waals surface area (Å²) in [5, 5.41) is 6.06. The van der Waals surface area contributed by atoms with Crippen molar-refractivity contribution in [3.8, 4) is 0 Å². The summed E-state index contributed by atoms with van der Waals surface area (Å²) in [6.45, 7) is 6.72. The molecule has 0 aliphatic heterocycles. The Hall–Kier alpha value is -0.360. The zero-order chi connectivity index (χ0) is 12.8. The van der Waals surface area contributed by atoms with E-state index in [2.05, 4.69) is 29.5 Å². The van der Waals surface area contributed by atoms with Gasteiger partial charge in [0.1, 0.15) is 0 Å². The molecule has 1 aromatic heterocycles. The first kappa shape index (κ1) is 20.9. The summed E-state index contributed by atoms with van der Waals surface area (Å²) in [5.41, 5.74) is 6.60. The predicted octanol–water partition coefficient (Wildman–Crippen LogP) is 2.51. The number of hydrogen-bond acceptors (Lipinski definition) is 4. The fourth-order valence-electron chi connectivity index (χ4n) is 1.40. The van der Waals surface area contributed by atoms with Gasteiger partial charge in [0.25, 0.3) is 0 Å². The molecule has 0 saturated heterocycles. The van der Waals surface area contributed by atoms with Gasteiger partial charge in [0.15, 0.2) is 0 Å². The van der Waals surface area contributed by atoms with Crippen LogP contribution in [0.25, 0.3) is 0 Å². The number of hydrogen-bond donors (Lipinski definition) is 2. The highest BCUT2D eigenvalue weighted by molar-refractivity contribution is 7.09. The number of nitrogens with two attached hydrogens (primary N) is 1. The van der Waals surface area contributed by atoms with Crippen molar-refractivity contribution in [1.82, 2.24) is 10.3 Å². The van der Waals surface area contributed by atoms with Crippen LogP contribution in [0.15, 0.2) is 5.38 Å². The number of carbonyl (C=O) groups excluding carboxylic acids is 1. The van der Waals surface area contributed by atoms with Gasteiger partial charge in [-0.3, -0.25) is 4.79 Å². The van der Waals surface area contributed by atoms with Crippen LogP contribution in [0.4, 0.5) is 0 Å². The number of nitrogens with one attached hydrogen (secondary N) is 1. The van der Waals surface area contributed by atoms with E-state index in [1.807, 2.05) is 6.92 Å². The molecule has 7 heteroatoms. The first-order valence-electron chi connectivity index (χ1n) is 5.95. The third-order valence-corrected chi connectivity index (χ3v) is 3.47. The van der Waals surface area contributed by atoms with Gasteiger partial charge in [-0.2, -0.15) is 0 Å². The second-order valence-corrected chi connectivity index (χ2v) is 5.50. The largest absolute Gasteiger partial charge is 0.356 e. The molecule has 0 radical (unpaired) electrons. The van der Waals surface area contributed by atoms with Gasteiger partial charge in [-0.1, -0.05) is 13.8 Å². The Kier molecular flexibility index (Phi) is 11.5. The summed E-state index contributed by atoms with van der Waals surface area (Å²) in [6.07, 6.45) is 1.17. The molecule has 1 aromatic rings. The fourth-order valence-corrected chi connectivity index (χ4v) is 2.27. The van der Waals surface area contributed by atoms with E-state index in [-0.39, 0.29) is 36.8 Å². The Bertz CT molecular complexity index is 370. The molecule has 0 spiro atoms. The molecule has 0 saturated carbocycles. The van der Waals surface area contributed by atoms with Gasteiger partial charge >= 0.3 is 0 Å². The van der Waals surface area contributed by atoms with Crippen LogP contribution in [0.1, 0.15) is 43.8 Å². The Morgan fingerprint density at radius 3 is 2.53 bits per heavy atom. The molecule has 4 nitrogen and oxygen atoms in total. The molecule has 0 aliphatic carbocycles. The normalized spacial score (nSPS) is 11.4. The Morgan fingerprint density at radius 1 is 1.42 bits per heavy atom. The van der Waals surface area contributed by atoms with Gasteiger partial charge in [-0.25, -0.2) is 4.98 Å². The first-order valence-corrected chi connectivity index (χ1v) is 6.83. The monoisotopic (exact) mass is 327 g/mol. The van der Waals surface area contributed by atoms with Crippen molar-refractivity contribution in [2.75, 3.05) is 6.54 Å². The lowest BCUT2D eigenvalue weighted by molar-refractivity contribution is -0.121. The van der Waals surface area contributed by atoms with Crippen molar-refractivity contribution in [3.05, 3.63) is 16.1 Å². The second-order valence-electron chi connectivity index (χ2n) is 4.61.